The van der Waals surface area contributed by atoms with Crippen LogP contribution in [0.5, 0.6) is 5.75 Å². The van der Waals surface area contributed by atoms with Gasteiger partial charge in [0.25, 0.3) is 5.91 Å². The molecule has 5 nitrogen and oxygen atoms in total. The summed E-state index contributed by atoms with van der Waals surface area (Å²) in [6, 6.07) is 14.7. The van der Waals surface area contributed by atoms with E-state index in [4.69, 9.17) is 20.9 Å². The zero-order valence-corrected chi connectivity index (χ0v) is 14.7. The molecule has 0 bridgehead atoms. The lowest BCUT2D eigenvalue weighted by Crippen LogP contribution is -2.31. The third-order valence-electron chi connectivity index (χ3n) is 3.73. The number of halogens is 2. The number of benzene rings is 2. The van der Waals surface area contributed by atoms with E-state index in [0.717, 1.165) is 5.56 Å². The van der Waals surface area contributed by atoms with Crippen molar-refractivity contribution in [1.82, 2.24) is 10.1 Å². The van der Waals surface area contributed by atoms with E-state index in [1.165, 1.54) is 17.0 Å². The Morgan fingerprint density at radius 3 is 2.69 bits per heavy atom. The smallest absolute Gasteiger partial charge is 0.275 e. The second-order valence-electron chi connectivity index (χ2n) is 5.59. The molecule has 1 amide bonds. The zero-order chi connectivity index (χ0) is 18.5. The first kappa shape index (κ1) is 17.9. The first-order chi connectivity index (χ1) is 12.5. The number of likely N-dealkylation sites (N-methyl/N-ethyl adjacent to an activating group) is 1. The van der Waals surface area contributed by atoms with Gasteiger partial charge in [-0.2, -0.15) is 0 Å². The zero-order valence-electron chi connectivity index (χ0n) is 14.0. The summed E-state index contributed by atoms with van der Waals surface area (Å²) in [6.45, 7) is 0.432. The number of rotatable bonds is 6. The Kier molecular flexibility index (Phi) is 5.53. The van der Waals surface area contributed by atoms with Crippen LogP contribution in [0.4, 0.5) is 4.39 Å². The van der Waals surface area contributed by atoms with Crippen LogP contribution >= 0.6 is 11.6 Å². The molecule has 0 aliphatic carbocycles. The van der Waals surface area contributed by atoms with Crippen molar-refractivity contribution in [3.63, 3.8) is 0 Å². The molecule has 0 saturated heterocycles. The van der Waals surface area contributed by atoms with Gasteiger partial charge in [-0.25, -0.2) is 4.39 Å². The lowest BCUT2D eigenvalue weighted by atomic mass is 10.1. The highest BCUT2D eigenvalue weighted by Gasteiger charge is 2.18. The molecule has 0 spiro atoms. The van der Waals surface area contributed by atoms with Crippen LogP contribution in [0.15, 0.2) is 59.1 Å². The van der Waals surface area contributed by atoms with Gasteiger partial charge in [0, 0.05) is 23.7 Å². The summed E-state index contributed by atoms with van der Waals surface area (Å²) in [4.78, 5) is 13.8. The normalized spacial score (nSPS) is 10.6. The molecule has 1 heterocycles. The predicted octanol–water partition coefficient (Wildman–Crippen LogP) is 4.29. The molecular formula is C19H16ClFN2O3. The van der Waals surface area contributed by atoms with Crippen LogP contribution in [0.25, 0.3) is 11.3 Å². The number of carbonyl (C=O) groups excluding carboxylic acids is 1. The Morgan fingerprint density at radius 1 is 1.23 bits per heavy atom. The third-order valence-corrected chi connectivity index (χ3v) is 3.98. The van der Waals surface area contributed by atoms with Crippen LogP contribution in [0.2, 0.25) is 5.02 Å². The third kappa shape index (κ3) is 4.21. The minimum atomic E-state index is -0.439. The molecule has 0 aliphatic heterocycles. The summed E-state index contributed by atoms with van der Waals surface area (Å²) < 4.78 is 24.1. The quantitative estimate of drug-likeness (QED) is 0.646. The number of carbonyl (C=O) groups is 1. The molecule has 0 atom stereocenters. The largest absolute Gasteiger partial charge is 0.489 e. The monoisotopic (exact) mass is 374 g/mol. The maximum atomic E-state index is 13.5. The van der Waals surface area contributed by atoms with E-state index in [2.05, 4.69) is 5.16 Å². The fraction of sp³-hybridized carbons (Fsp3) is 0.158. The standard InChI is InChI=1S/C19H16ClFN2O3/c1-23(10-11-25-17-5-3-2-4-15(17)21)19(24)16-12-18(26-22-16)13-6-8-14(20)9-7-13/h2-9,12H,10-11H2,1H3. The summed E-state index contributed by atoms with van der Waals surface area (Å²) in [5.41, 5.74) is 0.954. The highest BCUT2D eigenvalue weighted by atomic mass is 35.5. The second kappa shape index (κ2) is 8.01. The van der Waals surface area contributed by atoms with Gasteiger partial charge in [0.2, 0.25) is 0 Å². The number of hydrogen-bond acceptors (Lipinski definition) is 4. The average molecular weight is 375 g/mol. The van der Waals surface area contributed by atoms with Crippen molar-refractivity contribution in [2.24, 2.45) is 0 Å². The molecule has 134 valence electrons. The minimum absolute atomic E-state index is 0.153. The topological polar surface area (TPSA) is 55.6 Å². The van der Waals surface area contributed by atoms with Gasteiger partial charge in [0.15, 0.2) is 23.0 Å². The van der Waals surface area contributed by atoms with Crippen LogP contribution in [-0.4, -0.2) is 36.2 Å². The van der Waals surface area contributed by atoms with Crippen LogP contribution < -0.4 is 4.74 Å². The summed E-state index contributed by atoms with van der Waals surface area (Å²) in [6.07, 6.45) is 0. The summed E-state index contributed by atoms with van der Waals surface area (Å²) in [5, 5.41) is 4.43. The molecule has 0 aliphatic rings. The minimum Gasteiger partial charge on any atom is -0.489 e. The van der Waals surface area contributed by atoms with E-state index in [1.54, 1.807) is 49.5 Å². The predicted molar refractivity (Wildman–Crippen MR) is 95.8 cm³/mol. The fourth-order valence-electron chi connectivity index (χ4n) is 2.28. The van der Waals surface area contributed by atoms with Crippen molar-refractivity contribution in [3.05, 3.63) is 71.1 Å². The van der Waals surface area contributed by atoms with Crippen molar-refractivity contribution < 1.29 is 18.4 Å². The van der Waals surface area contributed by atoms with Gasteiger partial charge in [0.1, 0.15) is 6.61 Å². The van der Waals surface area contributed by atoms with Crippen molar-refractivity contribution in [2.45, 2.75) is 0 Å². The van der Waals surface area contributed by atoms with E-state index in [1.807, 2.05) is 0 Å². The van der Waals surface area contributed by atoms with Crippen molar-refractivity contribution in [3.8, 4) is 17.1 Å². The maximum Gasteiger partial charge on any atom is 0.275 e. The van der Waals surface area contributed by atoms with Gasteiger partial charge in [-0.15, -0.1) is 0 Å². The summed E-state index contributed by atoms with van der Waals surface area (Å²) in [5.74, 6) is -0.127. The molecule has 3 rings (SSSR count). The second-order valence-corrected chi connectivity index (χ2v) is 6.03. The molecule has 3 aromatic rings. The van der Waals surface area contributed by atoms with Crippen LogP contribution in [0.1, 0.15) is 10.5 Å². The number of amides is 1. The molecule has 2 aromatic carbocycles. The molecule has 26 heavy (non-hydrogen) atoms. The van der Waals surface area contributed by atoms with Gasteiger partial charge in [-0.1, -0.05) is 28.9 Å². The molecular weight excluding hydrogens is 359 g/mol. The summed E-state index contributed by atoms with van der Waals surface area (Å²) >= 11 is 5.86. The molecule has 0 unspecified atom stereocenters. The van der Waals surface area contributed by atoms with Gasteiger partial charge >= 0.3 is 0 Å². The Balaban J connectivity index is 1.58. The maximum absolute atomic E-state index is 13.5. The molecule has 0 radical (unpaired) electrons. The highest BCUT2D eigenvalue weighted by molar-refractivity contribution is 6.30. The average Bonchev–Trinajstić information content (AvgIpc) is 3.13. The molecule has 7 heteroatoms. The first-order valence-electron chi connectivity index (χ1n) is 7.90. The lowest BCUT2D eigenvalue weighted by molar-refractivity contribution is 0.0762. The van der Waals surface area contributed by atoms with Gasteiger partial charge in [-0.3, -0.25) is 4.79 Å². The van der Waals surface area contributed by atoms with Crippen LogP contribution in [-0.2, 0) is 0 Å². The Hall–Kier alpha value is -2.86. The number of nitrogens with zero attached hydrogens (tertiary/aromatic N) is 2. The number of para-hydroxylation sites is 1. The number of hydrogen-bond donors (Lipinski definition) is 0. The lowest BCUT2D eigenvalue weighted by Gasteiger charge is -2.16. The SMILES string of the molecule is CN(CCOc1ccccc1F)C(=O)c1cc(-c2ccc(Cl)cc2)on1. The molecule has 0 saturated carbocycles. The van der Waals surface area contributed by atoms with E-state index in [9.17, 15) is 9.18 Å². The molecule has 0 N–H and O–H groups in total. The van der Waals surface area contributed by atoms with Gasteiger partial charge < -0.3 is 14.2 Å². The van der Waals surface area contributed by atoms with E-state index in [0.29, 0.717) is 10.8 Å². The van der Waals surface area contributed by atoms with Crippen LogP contribution in [0.3, 0.4) is 0 Å². The van der Waals surface area contributed by atoms with Gasteiger partial charge in [-0.05, 0) is 36.4 Å². The van der Waals surface area contributed by atoms with Crippen molar-refractivity contribution >= 4 is 17.5 Å². The molecule has 1 aromatic heterocycles. The Morgan fingerprint density at radius 2 is 1.96 bits per heavy atom. The first-order valence-corrected chi connectivity index (χ1v) is 8.28. The Labute approximate surface area is 154 Å². The van der Waals surface area contributed by atoms with Crippen molar-refractivity contribution in [2.75, 3.05) is 20.2 Å². The van der Waals surface area contributed by atoms with E-state index in [-0.39, 0.29) is 30.5 Å². The Bertz CT molecular complexity index is 896. The van der Waals surface area contributed by atoms with E-state index >= 15 is 0 Å². The number of aromatic nitrogens is 1. The molecule has 0 fully saturated rings. The van der Waals surface area contributed by atoms with Crippen molar-refractivity contribution in [1.29, 1.82) is 0 Å². The summed E-state index contributed by atoms with van der Waals surface area (Å²) in [7, 11) is 1.61. The highest BCUT2D eigenvalue weighted by Crippen LogP contribution is 2.22. The van der Waals surface area contributed by atoms with Gasteiger partial charge in [0.05, 0.1) is 6.54 Å². The fourth-order valence-corrected chi connectivity index (χ4v) is 2.40. The number of ether oxygens (including phenoxy) is 1. The van der Waals surface area contributed by atoms with E-state index < -0.39 is 5.82 Å². The van der Waals surface area contributed by atoms with Crippen LogP contribution in [0, 0.1) is 5.82 Å².